The summed E-state index contributed by atoms with van der Waals surface area (Å²) in [6.07, 6.45) is 7.75. The Morgan fingerprint density at radius 3 is 2.30 bits per heavy atom. The molecule has 1 N–H and O–H groups in total. The van der Waals surface area contributed by atoms with Gasteiger partial charge in [0.15, 0.2) is 0 Å². The summed E-state index contributed by atoms with van der Waals surface area (Å²) in [5, 5.41) is 3.22. The lowest BCUT2D eigenvalue weighted by atomic mass is 10.3. The normalized spacial score (nSPS) is 12.2. The second kappa shape index (κ2) is 7.74. The molecular formula is C18H18N2. The number of nitrogens with one attached hydrogen (secondary N) is 1. The highest BCUT2D eigenvalue weighted by molar-refractivity contribution is 5.75. The van der Waals surface area contributed by atoms with E-state index in [1.165, 1.54) is 0 Å². The minimum atomic E-state index is 0.961. The first kappa shape index (κ1) is 13.8. The van der Waals surface area contributed by atoms with E-state index in [1.54, 1.807) is 0 Å². The number of rotatable bonds is 5. The lowest BCUT2D eigenvalue weighted by Gasteiger charge is -1.98. The minimum Gasteiger partial charge on any atom is -0.362 e. The van der Waals surface area contributed by atoms with Crippen LogP contribution in [0.25, 0.3) is 0 Å². The first-order valence-electron chi connectivity index (χ1n) is 6.59. The van der Waals surface area contributed by atoms with Gasteiger partial charge in [-0.25, -0.2) is 0 Å². The van der Waals surface area contributed by atoms with Crippen molar-refractivity contribution < 1.29 is 0 Å². The highest BCUT2D eigenvalue weighted by atomic mass is 14.8. The maximum absolute atomic E-state index is 4.36. The fourth-order valence-electron chi connectivity index (χ4n) is 1.61. The van der Waals surface area contributed by atoms with Gasteiger partial charge < -0.3 is 5.32 Å². The second-order valence-corrected chi connectivity index (χ2v) is 4.37. The van der Waals surface area contributed by atoms with Crippen LogP contribution in [0.4, 0.5) is 11.4 Å². The number of para-hydroxylation sites is 2. The van der Waals surface area contributed by atoms with Crippen molar-refractivity contribution in [2.75, 3.05) is 5.32 Å². The van der Waals surface area contributed by atoms with Crippen LogP contribution in [0.3, 0.4) is 0 Å². The van der Waals surface area contributed by atoms with Crippen molar-refractivity contribution in [1.82, 2.24) is 0 Å². The number of nitrogens with zero attached hydrogens (tertiary/aromatic N) is 1. The molecule has 0 aliphatic heterocycles. The molecule has 2 nitrogen and oxygen atoms in total. The molecule has 0 bridgehead atoms. The van der Waals surface area contributed by atoms with Crippen LogP contribution in [0.5, 0.6) is 0 Å². The summed E-state index contributed by atoms with van der Waals surface area (Å²) in [6.45, 7) is 2.04. The summed E-state index contributed by atoms with van der Waals surface area (Å²) in [5.41, 5.74) is 3.17. The third-order valence-corrected chi connectivity index (χ3v) is 2.69. The summed E-state index contributed by atoms with van der Waals surface area (Å²) in [6, 6.07) is 20.0. The fourth-order valence-corrected chi connectivity index (χ4v) is 1.61. The zero-order valence-electron chi connectivity index (χ0n) is 11.5. The van der Waals surface area contributed by atoms with Gasteiger partial charge in [-0.05, 0) is 48.9 Å². The third-order valence-electron chi connectivity index (χ3n) is 2.69. The van der Waals surface area contributed by atoms with Gasteiger partial charge in [-0.1, -0.05) is 36.4 Å². The molecule has 100 valence electrons. The smallest absolute Gasteiger partial charge is 0.0629 e. The molecule has 0 unspecified atom stereocenters. The molecule has 20 heavy (non-hydrogen) atoms. The molecule has 0 spiro atoms. The van der Waals surface area contributed by atoms with E-state index in [0.717, 1.165) is 16.9 Å². The molecule has 0 saturated heterocycles. The van der Waals surface area contributed by atoms with Crippen molar-refractivity contribution in [1.29, 1.82) is 0 Å². The number of allylic oxidation sites excluding steroid dienone is 3. The molecule has 0 heterocycles. The van der Waals surface area contributed by atoms with Crippen molar-refractivity contribution >= 4 is 17.6 Å². The molecule has 0 aliphatic carbocycles. The van der Waals surface area contributed by atoms with Gasteiger partial charge in [0, 0.05) is 18.1 Å². The number of hydrogen-bond acceptors (Lipinski definition) is 2. The van der Waals surface area contributed by atoms with Crippen molar-refractivity contribution in [3.05, 3.63) is 84.6 Å². The molecule has 0 saturated carbocycles. The third kappa shape index (κ3) is 4.94. The number of hydrogen-bond donors (Lipinski definition) is 1. The molecule has 0 aromatic heterocycles. The zero-order chi connectivity index (χ0) is 14.0. The van der Waals surface area contributed by atoms with Crippen LogP contribution in [0, 0.1) is 0 Å². The van der Waals surface area contributed by atoms with E-state index in [9.17, 15) is 0 Å². The molecule has 0 fully saturated rings. The molecule has 0 atom stereocenters. The van der Waals surface area contributed by atoms with Crippen molar-refractivity contribution in [2.24, 2.45) is 4.99 Å². The quantitative estimate of drug-likeness (QED) is 0.597. The average Bonchev–Trinajstić information content (AvgIpc) is 2.49. The zero-order valence-corrected chi connectivity index (χ0v) is 11.5. The summed E-state index contributed by atoms with van der Waals surface area (Å²) in [5.74, 6) is 0. The Bertz CT molecular complexity index is 596. The molecule has 2 aromatic rings. The molecule has 0 radical (unpaired) electrons. The number of anilines is 1. The van der Waals surface area contributed by atoms with Crippen molar-refractivity contribution in [2.45, 2.75) is 6.92 Å². The topological polar surface area (TPSA) is 24.4 Å². The van der Waals surface area contributed by atoms with Crippen LogP contribution in [0.1, 0.15) is 6.92 Å². The van der Waals surface area contributed by atoms with Gasteiger partial charge in [0.1, 0.15) is 0 Å². The maximum atomic E-state index is 4.36. The fraction of sp³-hybridized carbons (Fsp3) is 0.0556. The summed E-state index contributed by atoms with van der Waals surface area (Å²) in [4.78, 5) is 4.36. The Balaban J connectivity index is 1.86. The summed E-state index contributed by atoms with van der Waals surface area (Å²) < 4.78 is 0. The van der Waals surface area contributed by atoms with Crippen LogP contribution in [-0.4, -0.2) is 6.21 Å². The van der Waals surface area contributed by atoms with Gasteiger partial charge in [-0.15, -0.1) is 0 Å². The van der Waals surface area contributed by atoms with Gasteiger partial charge in [0.2, 0.25) is 0 Å². The average molecular weight is 262 g/mol. The number of aliphatic imine (C=N–C) groups is 1. The van der Waals surface area contributed by atoms with Gasteiger partial charge in [0.25, 0.3) is 0 Å². The van der Waals surface area contributed by atoms with E-state index in [-0.39, 0.29) is 0 Å². The van der Waals surface area contributed by atoms with E-state index in [1.807, 2.05) is 92.2 Å². The van der Waals surface area contributed by atoms with Gasteiger partial charge in [-0.3, -0.25) is 4.99 Å². The van der Waals surface area contributed by atoms with Crippen LogP contribution in [-0.2, 0) is 0 Å². The van der Waals surface area contributed by atoms with Crippen molar-refractivity contribution in [3.63, 3.8) is 0 Å². The monoisotopic (exact) mass is 262 g/mol. The van der Waals surface area contributed by atoms with E-state index in [0.29, 0.717) is 0 Å². The molecular weight excluding hydrogens is 244 g/mol. The molecule has 2 rings (SSSR count). The standard InChI is InChI=1S/C18H18N2/c1-16(12-14-19-17-8-4-2-5-9-17)13-15-20-18-10-6-3-7-11-18/h2-15,19H,1H3/b14-12+,16-13?,20-15?. The lowest BCUT2D eigenvalue weighted by Crippen LogP contribution is -1.86. The predicted molar refractivity (Wildman–Crippen MR) is 87.6 cm³/mol. The summed E-state index contributed by atoms with van der Waals surface area (Å²) >= 11 is 0. The van der Waals surface area contributed by atoms with E-state index < -0.39 is 0 Å². The van der Waals surface area contributed by atoms with Gasteiger partial charge in [0.05, 0.1) is 5.69 Å². The number of benzene rings is 2. The van der Waals surface area contributed by atoms with E-state index >= 15 is 0 Å². The SMILES string of the molecule is CC(=CC=Nc1ccccc1)/C=C/Nc1ccccc1. The first-order chi connectivity index (χ1) is 9.84. The first-order valence-corrected chi connectivity index (χ1v) is 6.59. The van der Waals surface area contributed by atoms with Gasteiger partial charge in [-0.2, -0.15) is 0 Å². The van der Waals surface area contributed by atoms with E-state index in [2.05, 4.69) is 10.3 Å². The Morgan fingerprint density at radius 2 is 1.60 bits per heavy atom. The predicted octanol–water partition coefficient (Wildman–Crippen LogP) is 4.96. The minimum absolute atomic E-state index is 0.961. The highest BCUT2D eigenvalue weighted by Gasteiger charge is 1.85. The van der Waals surface area contributed by atoms with Crippen LogP contribution in [0.2, 0.25) is 0 Å². The lowest BCUT2D eigenvalue weighted by molar-refractivity contribution is 1.49. The maximum Gasteiger partial charge on any atom is 0.0629 e. The Morgan fingerprint density at radius 1 is 0.950 bits per heavy atom. The molecule has 0 aliphatic rings. The second-order valence-electron chi connectivity index (χ2n) is 4.37. The van der Waals surface area contributed by atoms with Gasteiger partial charge >= 0.3 is 0 Å². The van der Waals surface area contributed by atoms with Crippen LogP contribution in [0.15, 0.2) is 89.6 Å². The Hall–Kier alpha value is -2.61. The molecule has 0 amide bonds. The summed E-state index contributed by atoms with van der Waals surface area (Å²) in [7, 11) is 0. The largest absolute Gasteiger partial charge is 0.362 e. The molecule has 2 heteroatoms. The molecule has 2 aromatic carbocycles. The highest BCUT2D eigenvalue weighted by Crippen LogP contribution is 2.09. The van der Waals surface area contributed by atoms with Crippen molar-refractivity contribution in [3.8, 4) is 0 Å². The van der Waals surface area contributed by atoms with Crippen LogP contribution < -0.4 is 5.32 Å². The van der Waals surface area contributed by atoms with Crippen LogP contribution >= 0.6 is 0 Å². The Kier molecular flexibility index (Phi) is 5.35. The Labute approximate surface area is 120 Å². The van der Waals surface area contributed by atoms with E-state index in [4.69, 9.17) is 0 Å².